The number of hydrogen-bond acceptors (Lipinski definition) is 7. The lowest BCUT2D eigenvalue weighted by atomic mass is 10.1. The maximum absolute atomic E-state index is 12.2. The van der Waals surface area contributed by atoms with Gasteiger partial charge in [-0.25, -0.2) is 4.68 Å². The predicted octanol–water partition coefficient (Wildman–Crippen LogP) is 2.03. The summed E-state index contributed by atoms with van der Waals surface area (Å²) in [5.74, 6) is 1.06. The largest absolute Gasteiger partial charge is 0.472 e. The first kappa shape index (κ1) is 15.8. The lowest BCUT2D eigenvalue weighted by Crippen LogP contribution is -2.35. The Hall–Kier alpha value is -2.74. The van der Waals surface area contributed by atoms with E-state index in [0.29, 0.717) is 24.8 Å². The van der Waals surface area contributed by atoms with Crippen LogP contribution < -0.4 is 5.56 Å². The first-order valence-corrected chi connectivity index (χ1v) is 8.29. The Bertz CT molecular complexity index is 926. The third-order valence-electron chi connectivity index (χ3n) is 4.28. The van der Waals surface area contributed by atoms with E-state index in [1.54, 1.807) is 29.3 Å². The highest BCUT2D eigenvalue weighted by atomic mass is 16.5. The summed E-state index contributed by atoms with van der Waals surface area (Å²) in [7, 11) is 0. The Labute approximate surface area is 144 Å². The lowest BCUT2D eigenvalue weighted by molar-refractivity contribution is 0.207. The molecule has 3 aromatic rings. The lowest BCUT2D eigenvalue weighted by Gasteiger charge is -2.27. The number of aromatic nitrogens is 4. The van der Waals surface area contributed by atoms with Crippen LogP contribution in [0.2, 0.25) is 0 Å². The molecule has 0 spiro atoms. The van der Waals surface area contributed by atoms with E-state index in [2.05, 4.69) is 20.1 Å². The van der Waals surface area contributed by atoms with Gasteiger partial charge in [0, 0.05) is 25.6 Å². The molecule has 8 heteroatoms. The van der Waals surface area contributed by atoms with E-state index in [1.165, 1.54) is 0 Å². The Morgan fingerprint density at radius 3 is 3.00 bits per heavy atom. The SMILES string of the molecule is CC(C)n1nc2c(cc1=O)CN(Cc1nc(-c3ccoc3)no1)CC2. The van der Waals surface area contributed by atoms with Gasteiger partial charge in [0.1, 0.15) is 6.26 Å². The average Bonchev–Trinajstić information content (AvgIpc) is 3.25. The van der Waals surface area contributed by atoms with Crippen LogP contribution in [0.25, 0.3) is 11.4 Å². The van der Waals surface area contributed by atoms with E-state index in [4.69, 9.17) is 8.94 Å². The number of hydrogen-bond donors (Lipinski definition) is 0. The molecule has 4 heterocycles. The molecule has 1 aliphatic heterocycles. The van der Waals surface area contributed by atoms with Crippen molar-refractivity contribution in [3.8, 4) is 11.4 Å². The van der Waals surface area contributed by atoms with Crippen molar-refractivity contribution in [1.82, 2.24) is 24.8 Å². The second kappa shape index (κ2) is 6.29. The normalized spacial score (nSPS) is 14.8. The molecule has 8 nitrogen and oxygen atoms in total. The van der Waals surface area contributed by atoms with Gasteiger partial charge in [0.25, 0.3) is 5.56 Å². The van der Waals surface area contributed by atoms with Crippen LogP contribution in [0.4, 0.5) is 0 Å². The molecule has 0 atom stereocenters. The van der Waals surface area contributed by atoms with Gasteiger partial charge in [0.15, 0.2) is 0 Å². The van der Waals surface area contributed by atoms with Crippen molar-refractivity contribution < 1.29 is 8.94 Å². The van der Waals surface area contributed by atoms with Crippen LogP contribution in [-0.2, 0) is 19.5 Å². The second-order valence-electron chi connectivity index (χ2n) is 6.48. The molecule has 0 bridgehead atoms. The number of furan rings is 1. The molecule has 0 aromatic carbocycles. The predicted molar refractivity (Wildman–Crippen MR) is 88.7 cm³/mol. The number of nitrogens with zero attached hydrogens (tertiary/aromatic N) is 5. The first-order chi connectivity index (χ1) is 12.1. The molecular weight excluding hydrogens is 322 g/mol. The minimum Gasteiger partial charge on any atom is -0.472 e. The van der Waals surface area contributed by atoms with Gasteiger partial charge in [0.05, 0.1) is 30.1 Å². The standard InChI is InChI=1S/C17H19N5O3/c1-11(2)22-16(23)7-13-8-21(5-3-14(13)19-22)9-15-18-17(20-25-15)12-4-6-24-10-12/h4,6-7,10-11H,3,5,8-9H2,1-2H3. The summed E-state index contributed by atoms with van der Waals surface area (Å²) in [6.07, 6.45) is 3.95. The van der Waals surface area contributed by atoms with E-state index in [1.807, 2.05) is 13.8 Å². The molecule has 0 saturated carbocycles. The summed E-state index contributed by atoms with van der Waals surface area (Å²) in [4.78, 5) is 18.7. The van der Waals surface area contributed by atoms with Gasteiger partial charge in [-0.1, -0.05) is 5.16 Å². The fourth-order valence-electron chi connectivity index (χ4n) is 3.00. The quantitative estimate of drug-likeness (QED) is 0.717. The van der Waals surface area contributed by atoms with E-state index >= 15 is 0 Å². The Kier molecular flexibility index (Phi) is 3.96. The van der Waals surface area contributed by atoms with E-state index in [0.717, 1.165) is 29.8 Å². The van der Waals surface area contributed by atoms with Gasteiger partial charge >= 0.3 is 0 Å². The van der Waals surface area contributed by atoms with Gasteiger partial charge in [-0.2, -0.15) is 10.1 Å². The molecule has 0 amide bonds. The number of fused-ring (bicyclic) bond motifs is 1. The fraction of sp³-hybridized carbons (Fsp3) is 0.412. The summed E-state index contributed by atoms with van der Waals surface area (Å²) >= 11 is 0. The first-order valence-electron chi connectivity index (χ1n) is 8.29. The second-order valence-corrected chi connectivity index (χ2v) is 6.48. The summed E-state index contributed by atoms with van der Waals surface area (Å²) in [6.45, 7) is 5.95. The van der Waals surface area contributed by atoms with E-state index < -0.39 is 0 Å². The van der Waals surface area contributed by atoms with Crippen molar-refractivity contribution in [3.63, 3.8) is 0 Å². The molecule has 0 fully saturated rings. The number of rotatable bonds is 4. The molecular formula is C17H19N5O3. The third-order valence-corrected chi connectivity index (χ3v) is 4.28. The van der Waals surface area contributed by atoms with E-state index in [-0.39, 0.29) is 11.6 Å². The maximum atomic E-state index is 12.2. The molecule has 130 valence electrons. The van der Waals surface area contributed by atoms with Crippen LogP contribution in [-0.4, -0.2) is 31.4 Å². The Morgan fingerprint density at radius 1 is 1.36 bits per heavy atom. The highest BCUT2D eigenvalue weighted by molar-refractivity contribution is 5.51. The molecule has 0 unspecified atom stereocenters. The zero-order valence-electron chi connectivity index (χ0n) is 14.2. The van der Waals surface area contributed by atoms with Crippen LogP contribution in [0.3, 0.4) is 0 Å². The summed E-state index contributed by atoms with van der Waals surface area (Å²) in [5, 5.41) is 8.48. The van der Waals surface area contributed by atoms with Crippen molar-refractivity contribution >= 4 is 0 Å². The van der Waals surface area contributed by atoms with Crippen LogP contribution in [0.5, 0.6) is 0 Å². The Morgan fingerprint density at radius 2 is 2.24 bits per heavy atom. The molecule has 0 aliphatic carbocycles. The Balaban J connectivity index is 1.49. The average molecular weight is 341 g/mol. The molecule has 0 radical (unpaired) electrons. The summed E-state index contributed by atoms with van der Waals surface area (Å²) < 4.78 is 11.9. The van der Waals surface area contributed by atoms with Crippen LogP contribution in [0.15, 0.2) is 38.4 Å². The topological polar surface area (TPSA) is 90.2 Å². The van der Waals surface area contributed by atoms with Crippen molar-refractivity contribution in [2.24, 2.45) is 0 Å². The van der Waals surface area contributed by atoms with Crippen molar-refractivity contribution in [1.29, 1.82) is 0 Å². The highest BCUT2D eigenvalue weighted by Gasteiger charge is 2.22. The molecule has 3 aromatic heterocycles. The third kappa shape index (κ3) is 3.12. The molecule has 4 rings (SSSR count). The maximum Gasteiger partial charge on any atom is 0.267 e. The van der Waals surface area contributed by atoms with Gasteiger partial charge < -0.3 is 8.94 Å². The molecule has 0 N–H and O–H groups in total. The van der Waals surface area contributed by atoms with Crippen molar-refractivity contribution in [3.05, 3.63) is 52.2 Å². The van der Waals surface area contributed by atoms with Gasteiger partial charge in [-0.3, -0.25) is 9.69 Å². The zero-order chi connectivity index (χ0) is 17.4. The molecule has 1 aliphatic rings. The summed E-state index contributed by atoms with van der Waals surface area (Å²) in [5.41, 5.74) is 2.70. The van der Waals surface area contributed by atoms with Crippen molar-refractivity contribution in [2.45, 2.75) is 39.4 Å². The van der Waals surface area contributed by atoms with Gasteiger partial charge in [-0.05, 0) is 25.5 Å². The highest BCUT2D eigenvalue weighted by Crippen LogP contribution is 2.20. The van der Waals surface area contributed by atoms with E-state index in [9.17, 15) is 4.79 Å². The van der Waals surface area contributed by atoms with Crippen LogP contribution in [0.1, 0.15) is 37.0 Å². The summed E-state index contributed by atoms with van der Waals surface area (Å²) in [6, 6.07) is 3.55. The fourth-order valence-corrected chi connectivity index (χ4v) is 3.00. The smallest absolute Gasteiger partial charge is 0.267 e. The molecule has 25 heavy (non-hydrogen) atoms. The van der Waals surface area contributed by atoms with Gasteiger partial charge in [-0.15, -0.1) is 0 Å². The minimum absolute atomic E-state index is 0.0596. The minimum atomic E-state index is -0.0596. The molecule has 0 saturated heterocycles. The van der Waals surface area contributed by atoms with Crippen LogP contribution >= 0.6 is 0 Å². The van der Waals surface area contributed by atoms with Crippen molar-refractivity contribution in [2.75, 3.05) is 6.54 Å². The monoisotopic (exact) mass is 341 g/mol. The zero-order valence-corrected chi connectivity index (χ0v) is 14.2. The van der Waals surface area contributed by atoms with Gasteiger partial charge in [0.2, 0.25) is 11.7 Å². The van der Waals surface area contributed by atoms with Crippen LogP contribution in [0, 0.1) is 0 Å².